The Morgan fingerprint density at radius 2 is 0.704 bits per heavy atom. The molecular weight excluding hydrogens is 769 g/mol. The summed E-state index contributed by atoms with van der Waals surface area (Å²) in [6, 6.07) is 7.87. The number of ether oxygens (including phenoxy) is 6. The molecule has 0 aliphatic carbocycles. The van der Waals surface area contributed by atoms with Crippen LogP contribution in [0.3, 0.4) is 0 Å². The van der Waals surface area contributed by atoms with Gasteiger partial charge in [-0.3, -0.25) is 0 Å². The third-order valence-corrected chi connectivity index (χ3v) is 9.52. The molecule has 0 saturated heterocycles. The van der Waals surface area contributed by atoms with E-state index in [4.69, 9.17) is 45.6 Å². The Morgan fingerprint density at radius 3 is 0.870 bits per heavy atom. The first-order valence-electron chi connectivity index (χ1n) is 16.4. The fraction of sp³-hybridized carbons (Fsp3) is 0.545. The van der Waals surface area contributed by atoms with E-state index in [0.717, 1.165) is 18.8 Å². The first-order chi connectivity index (χ1) is 25.1. The third kappa shape index (κ3) is 17.9. The van der Waals surface area contributed by atoms with Gasteiger partial charge < -0.3 is 45.6 Å². The van der Waals surface area contributed by atoms with Crippen molar-refractivity contribution in [1.29, 1.82) is 0 Å². The average Bonchev–Trinajstić information content (AvgIpc) is 3.07. The van der Waals surface area contributed by atoms with Gasteiger partial charge in [-0.2, -0.15) is 0 Å². The molecule has 0 radical (unpaired) electrons. The van der Waals surface area contributed by atoms with Gasteiger partial charge in [-0.25, -0.2) is 40.2 Å². The van der Waals surface area contributed by atoms with Gasteiger partial charge in [0.05, 0.1) is 93.6 Å². The number of hydrogen-bond acceptors (Lipinski definition) is 18. The summed E-state index contributed by atoms with van der Waals surface area (Å²) >= 11 is 0. The number of aromatic nitrogens is 3. The lowest BCUT2D eigenvalue weighted by Crippen LogP contribution is -2.22. The van der Waals surface area contributed by atoms with Gasteiger partial charge in [-0.15, -0.1) is 0 Å². The zero-order valence-corrected chi connectivity index (χ0v) is 34.6. The molecule has 2 unspecified atom stereocenters. The molecule has 0 aliphatic heterocycles. The summed E-state index contributed by atoms with van der Waals surface area (Å²) in [6.07, 6.45) is 3.42. The fourth-order valence-corrected chi connectivity index (χ4v) is 6.84. The maximum absolute atomic E-state index is 11.2. The summed E-state index contributed by atoms with van der Waals surface area (Å²) in [5, 5.41) is 0. The number of pyridine rings is 3. The number of nitrogens with zero attached hydrogens (tertiary/aromatic N) is 3. The van der Waals surface area contributed by atoms with Crippen molar-refractivity contribution in [1.82, 2.24) is 15.0 Å². The molecule has 0 saturated carbocycles. The Hall–Kier alpha value is -4.02. The maximum Gasteiger partial charge on any atom is 0.257 e. The Kier molecular flexibility index (Phi) is 19.9. The average molecular weight is 823 g/mol. The molecule has 0 bridgehead atoms. The SMILES string of the molecule is CCOc1nc(C(N)CS(C)(=O)=O)ccc1OC.CCOc1nc(C(N)CS(C)(=O)=O)ccc1OC.CCOc1nc([C@H](N)CS(C)(=O)=O)ccc1OC. The van der Waals surface area contributed by atoms with E-state index in [0.29, 0.717) is 71.8 Å². The smallest absolute Gasteiger partial charge is 0.257 e. The van der Waals surface area contributed by atoms with Crippen LogP contribution in [0.25, 0.3) is 0 Å². The van der Waals surface area contributed by atoms with Gasteiger partial charge in [0.15, 0.2) is 17.2 Å². The Labute approximate surface area is 318 Å². The summed E-state index contributed by atoms with van der Waals surface area (Å²) < 4.78 is 98.3. The molecule has 54 heavy (non-hydrogen) atoms. The first-order valence-corrected chi connectivity index (χ1v) is 22.6. The van der Waals surface area contributed by atoms with Crippen LogP contribution in [0.2, 0.25) is 0 Å². The van der Waals surface area contributed by atoms with Crippen molar-refractivity contribution in [2.24, 2.45) is 17.2 Å². The van der Waals surface area contributed by atoms with Gasteiger partial charge in [-0.05, 0) is 57.2 Å². The predicted molar refractivity (Wildman–Crippen MR) is 206 cm³/mol. The highest BCUT2D eigenvalue weighted by molar-refractivity contribution is 7.91. The highest BCUT2D eigenvalue weighted by Gasteiger charge is 2.19. The maximum atomic E-state index is 11.2. The molecule has 3 atom stereocenters. The molecule has 0 aromatic carbocycles. The van der Waals surface area contributed by atoms with E-state index >= 15 is 0 Å². The molecule has 0 spiro atoms. The molecule has 0 amide bonds. The fourth-order valence-electron chi connectivity index (χ4n) is 4.37. The molecule has 0 aliphatic rings. The van der Waals surface area contributed by atoms with E-state index in [1.807, 2.05) is 20.8 Å². The number of rotatable bonds is 18. The molecule has 21 heteroatoms. The van der Waals surface area contributed by atoms with Gasteiger partial charge in [-0.1, -0.05) is 0 Å². The zero-order valence-electron chi connectivity index (χ0n) is 32.1. The van der Waals surface area contributed by atoms with Gasteiger partial charge in [0.1, 0.15) is 29.5 Å². The van der Waals surface area contributed by atoms with E-state index in [-0.39, 0.29) is 17.3 Å². The van der Waals surface area contributed by atoms with Crippen LogP contribution in [0.5, 0.6) is 34.9 Å². The van der Waals surface area contributed by atoms with Crippen molar-refractivity contribution in [2.75, 3.05) is 77.2 Å². The summed E-state index contributed by atoms with van der Waals surface area (Å²) in [4.78, 5) is 12.5. The molecule has 6 N–H and O–H groups in total. The molecular formula is C33H54N6O12S3. The first kappa shape index (κ1) is 48.0. The summed E-state index contributed by atoms with van der Waals surface area (Å²) in [6.45, 7) is 6.79. The molecule has 3 aromatic heterocycles. The minimum absolute atomic E-state index is 0.155. The largest absolute Gasteiger partial charge is 0.491 e. The van der Waals surface area contributed by atoms with Crippen LogP contribution in [0.15, 0.2) is 36.4 Å². The van der Waals surface area contributed by atoms with Crippen molar-refractivity contribution >= 4 is 29.5 Å². The molecule has 3 rings (SSSR count). The Balaban J connectivity index is 0.000000405. The van der Waals surface area contributed by atoms with E-state index in [9.17, 15) is 25.3 Å². The standard InChI is InChI=1S/3C11H18N2O4S/c3*1-4-17-11-10(16-2)6-5-9(13-11)8(12)7-18(3,14)15/h3*5-6,8H,4,7,12H2,1-3H3/t8-;;/m1../s1. The lowest BCUT2D eigenvalue weighted by molar-refractivity contribution is 0.297. The topological polar surface area (TPSA) is 275 Å². The minimum atomic E-state index is -3.15. The molecule has 0 fully saturated rings. The summed E-state index contributed by atoms with van der Waals surface area (Å²) in [5.41, 5.74) is 18.8. The van der Waals surface area contributed by atoms with Gasteiger partial charge in [0, 0.05) is 18.8 Å². The van der Waals surface area contributed by atoms with Crippen LogP contribution in [0.4, 0.5) is 0 Å². The van der Waals surface area contributed by atoms with Crippen LogP contribution >= 0.6 is 0 Å². The van der Waals surface area contributed by atoms with E-state index in [1.165, 1.54) is 21.3 Å². The van der Waals surface area contributed by atoms with Crippen molar-refractivity contribution < 1.29 is 53.7 Å². The second-order valence-electron chi connectivity index (χ2n) is 11.6. The summed E-state index contributed by atoms with van der Waals surface area (Å²) in [5.74, 6) is 1.98. The molecule has 306 valence electrons. The Bertz CT molecular complexity index is 1730. The van der Waals surface area contributed by atoms with Crippen molar-refractivity contribution in [3.05, 3.63) is 53.5 Å². The second kappa shape index (κ2) is 22.4. The molecule has 3 aromatic rings. The zero-order chi connectivity index (χ0) is 41.3. The Morgan fingerprint density at radius 1 is 0.481 bits per heavy atom. The van der Waals surface area contributed by atoms with E-state index in [2.05, 4.69) is 15.0 Å². The van der Waals surface area contributed by atoms with Gasteiger partial charge in [0.2, 0.25) is 0 Å². The lowest BCUT2D eigenvalue weighted by Gasteiger charge is -2.13. The number of methoxy groups -OCH3 is 3. The number of sulfone groups is 3. The third-order valence-electron chi connectivity index (χ3n) is 6.63. The summed E-state index contributed by atoms with van der Waals surface area (Å²) in [7, 11) is -4.92. The van der Waals surface area contributed by atoms with Crippen molar-refractivity contribution in [2.45, 2.75) is 38.9 Å². The van der Waals surface area contributed by atoms with Crippen LogP contribution in [0.1, 0.15) is 56.0 Å². The predicted octanol–water partition coefficient (Wildman–Crippen LogP) is 1.60. The van der Waals surface area contributed by atoms with Crippen LogP contribution in [-0.2, 0) is 29.5 Å². The van der Waals surface area contributed by atoms with Crippen LogP contribution in [0, 0.1) is 0 Å². The normalized spacial score (nSPS) is 13.1. The van der Waals surface area contributed by atoms with Crippen molar-refractivity contribution in [3.63, 3.8) is 0 Å². The lowest BCUT2D eigenvalue weighted by atomic mass is 10.2. The second-order valence-corrected chi connectivity index (χ2v) is 18.2. The quantitative estimate of drug-likeness (QED) is 0.164. The highest BCUT2D eigenvalue weighted by Crippen LogP contribution is 2.28. The van der Waals surface area contributed by atoms with E-state index < -0.39 is 47.6 Å². The number of hydrogen-bond donors (Lipinski definition) is 3. The van der Waals surface area contributed by atoms with Crippen LogP contribution < -0.4 is 45.6 Å². The molecule has 3 heterocycles. The molecule has 18 nitrogen and oxygen atoms in total. The number of nitrogens with two attached hydrogens (primary N) is 3. The monoisotopic (exact) mass is 822 g/mol. The van der Waals surface area contributed by atoms with Gasteiger partial charge in [0.25, 0.3) is 17.6 Å². The minimum Gasteiger partial charge on any atom is -0.491 e. The van der Waals surface area contributed by atoms with Crippen molar-refractivity contribution in [3.8, 4) is 34.9 Å². The van der Waals surface area contributed by atoms with Crippen LogP contribution in [-0.4, -0.2) is 117 Å². The highest BCUT2D eigenvalue weighted by atomic mass is 32.2. The van der Waals surface area contributed by atoms with E-state index in [1.54, 1.807) is 36.4 Å². The van der Waals surface area contributed by atoms with Gasteiger partial charge >= 0.3 is 0 Å².